The van der Waals surface area contributed by atoms with Crippen LogP contribution in [0.3, 0.4) is 0 Å². The Balaban J connectivity index is 1.71. The number of hydrogen-bond donors (Lipinski definition) is 1. The molecule has 1 aromatic rings. The fraction of sp³-hybridized carbons (Fsp3) is 0.667. The maximum Gasteiger partial charge on any atom is 0.115 e. The van der Waals surface area contributed by atoms with Crippen molar-refractivity contribution in [1.82, 2.24) is 4.90 Å². The van der Waals surface area contributed by atoms with Gasteiger partial charge in [0.05, 0.1) is 0 Å². The zero-order chi connectivity index (χ0) is 13.3. The average molecular weight is 269 g/mol. The zero-order valence-electron chi connectivity index (χ0n) is 12.0. The van der Waals surface area contributed by atoms with Crippen LogP contribution in [0.1, 0.15) is 61.6 Å². The molecule has 2 heteroatoms. The van der Waals surface area contributed by atoms with Crippen LogP contribution in [0, 0.1) is 11.8 Å². The third-order valence-corrected chi connectivity index (χ3v) is 6.60. The summed E-state index contributed by atoms with van der Waals surface area (Å²) in [6.07, 6.45) is 8.42. The van der Waals surface area contributed by atoms with Gasteiger partial charge in [0.25, 0.3) is 0 Å². The number of rotatable bonds is 0. The Morgan fingerprint density at radius 3 is 2.80 bits per heavy atom. The summed E-state index contributed by atoms with van der Waals surface area (Å²) in [7, 11) is 0. The highest BCUT2D eigenvalue weighted by Crippen LogP contribution is 2.62. The fourth-order valence-corrected chi connectivity index (χ4v) is 6.06. The Morgan fingerprint density at radius 2 is 1.85 bits per heavy atom. The van der Waals surface area contributed by atoms with E-state index in [1.807, 2.05) is 6.07 Å². The maximum absolute atomic E-state index is 9.94. The monoisotopic (exact) mass is 269 g/mol. The number of hydrogen-bond acceptors (Lipinski definition) is 2. The summed E-state index contributed by atoms with van der Waals surface area (Å²) in [5, 5.41) is 9.94. The van der Waals surface area contributed by atoms with Gasteiger partial charge in [-0.25, -0.2) is 0 Å². The molecule has 1 aromatic carbocycles. The van der Waals surface area contributed by atoms with Crippen LogP contribution in [0.5, 0.6) is 5.75 Å². The molecule has 5 atom stereocenters. The lowest BCUT2D eigenvalue weighted by Crippen LogP contribution is -2.58. The van der Waals surface area contributed by atoms with E-state index in [1.54, 1.807) is 5.56 Å². The molecular formula is C18H23NO. The minimum Gasteiger partial charge on any atom is -0.508 e. The molecule has 1 unspecified atom stereocenters. The molecule has 0 amide bonds. The van der Waals surface area contributed by atoms with Gasteiger partial charge in [0.2, 0.25) is 0 Å². The van der Waals surface area contributed by atoms with Crippen molar-refractivity contribution in [2.75, 3.05) is 6.54 Å². The third-order valence-electron chi connectivity index (χ3n) is 6.60. The zero-order valence-corrected chi connectivity index (χ0v) is 12.0. The Hall–Kier alpha value is -1.02. The van der Waals surface area contributed by atoms with Crippen molar-refractivity contribution in [2.45, 2.75) is 56.5 Å². The molecule has 0 radical (unpaired) electrons. The average Bonchev–Trinajstić information content (AvgIpc) is 2.96. The molecule has 3 fully saturated rings. The summed E-state index contributed by atoms with van der Waals surface area (Å²) in [6.45, 7) is 1.30. The summed E-state index contributed by atoms with van der Waals surface area (Å²) >= 11 is 0. The molecule has 6 rings (SSSR count). The topological polar surface area (TPSA) is 23.5 Å². The maximum atomic E-state index is 9.94. The predicted octanol–water partition coefficient (Wildman–Crippen LogP) is 3.81. The van der Waals surface area contributed by atoms with E-state index in [-0.39, 0.29) is 0 Å². The Morgan fingerprint density at radius 1 is 0.950 bits per heavy atom. The van der Waals surface area contributed by atoms with E-state index in [4.69, 9.17) is 0 Å². The first-order valence-corrected chi connectivity index (χ1v) is 8.43. The minimum absolute atomic E-state index is 0.466. The van der Waals surface area contributed by atoms with Crippen molar-refractivity contribution < 1.29 is 5.11 Å². The lowest BCUT2D eigenvalue weighted by Gasteiger charge is -2.59. The quantitative estimate of drug-likeness (QED) is 0.774. The van der Waals surface area contributed by atoms with Crippen molar-refractivity contribution in [3.05, 3.63) is 29.3 Å². The van der Waals surface area contributed by atoms with E-state index >= 15 is 0 Å². The standard InChI is InChI=1S/C18H23NO/c20-11-7-8-14-15(10-11)17-12-4-3-5-13(12)18(14)19-9-2-1-6-16(17)19/h7-8,10,12-13,16-18,20H,1-6,9H2/t12-,13+,16?,17+,18-/m1/s1. The molecule has 2 bridgehead atoms. The predicted molar refractivity (Wildman–Crippen MR) is 78.8 cm³/mol. The first kappa shape index (κ1) is 11.6. The van der Waals surface area contributed by atoms with Gasteiger partial charge < -0.3 is 5.11 Å². The molecule has 0 spiro atoms. The summed E-state index contributed by atoms with van der Waals surface area (Å²) < 4.78 is 0. The largest absolute Gasteiger partial charge is 0.508 e. The number of nitrogens with zero attached hydrogens (tertiary/aromatic N) is 1. The summed E-state index contributed by atoms with van der Waals surface area (Å²) in [5.41, 5.74) is 3.05. The van der Waals surface area contributed by atoms with E-state index in [2.05, 4.69) is 17.0 Å². The first-order chi connectivity index (χ1) is 9.84. The number of phenolic OH excluding ortho intramolecular Hbond substituents is 1. The van der Waals surface area contributed by atoms with Crippen molar-refractivity contribution in [1.29, 1.82) is 0 Å². The molecule has 0 aromatic heterocycles. The second kappa shape index (κ2) is 4.00. The number of phenols is 1. The number of benzene rings is 1. The first-order valence-electron chi connectivity index (χ1n) is 8.43. The van der Waals surface area contributed by atoms with E-state index in [0.29, 0.717) is 17.7 Å². The van der Waals surface area contributed by atoms with Crippen LogP contribution in [0.2, 0.25) is 0 Å². The lowest BCUT2D eigenvalue weighted by atomic mass is 9.59. The lowest BCUT2D eigenvalue weighted by molar-refractivity contribution is -0.0441. The van der Waals surface area contributed by atoms with Crippen LogP contribution in [0.25, 0.3) is 0 Å². The molecule has 2 aliphatic carbocycles. The summed E-state index contributed by atoms with van der Waals surface area (Å²) in [4.78, 5) is 2.85. The molecule has 2 saturated heterocycles. The van der Waals surface area contributed by atoms with Gasteiger partial charge in [0.1, 0.15) is 5.75 Å². The Kier molecular flexibility index (Phi) is 2.33. The highest BCUT2D eigenvalue weighted by molar-refractivity contribution is 5.46. The van der Waals surface area contributed by atoms with E-state index < -0.39 is 0 Å². The Bertz CT molecular complexity index is 554. The third kappa shape index (κ3) is 1.34. The SMILES string of the molecule is Oc1ccc2c(c1)[C@H]1C3CCCCN3[C@@H]2[C@H]2CCC[C@H]21. The van der Waals surface area contributed by atoms with Gasteiger partial charge in [-0.05, 0) is 67.3 Å². The van der Waals surface area contributed by atoms with Crippen LogP contribution in [0.4, 0.5) is 0 Å². The van der Waals surface area contributed by atoms with E-state index in [9.17, 15) is 5.11 Å². The molecule has 2 nitrogen and oxygen atoms in total. The second-order valence-corrected chi connectivity index (χ2v) is 7.34. The normalized spacial score (nSPS) is 42.1. The van der Waals surface area contributed by atoms with Gasteiger partial charge in [-0.1, -0.05) is 18.9 Å². The van der Waals surface area contributed by atoms with Gasteiger partial charge >= 0.3 is 0 Å². The molecule has 3 heterocycles. The van der Waals surface area contributed by atoms with Crippen LogP contribution < -0.4 is 0 Å². The number of piperidine rings is 2. The molecule has 20 heavy (non-hydrogen) atoms. The van der Waals surface area contributed by atoms with Crippen LogP contribution in [-0.2, 0) is 0 Å². The van der Waals surface area contributed by atoms with Crippen LogP contribution in [-0.4, -0.2) is 22.6 Å². The fourth-order valence-electron chi connectivity index (χ4n) is 6.06. The van der Waals surface area contributed by atoms with Crippen LogP contribution in [0.15, 0.2) is 18.2 Å². The summed E-state index contributed by atoms with van der Waals surface area (Å²) in [6, 6.07) is 7.65. The van der Waals surface area contributed by atoms with Gasteiger partial charge in [-0.3, -0.25) is 4.90 Å². The smallest absolute Gasteiger partial charge is 0.115 e. The molecular weight excluding hydrogens is 246 g/mol. The van der Waals surface area contributed by atoms with Crippen molar-refractivity contribution in [3.63, 3.8) is 0 Å². The van der Waals surface area contributed by atoms with E-state index in [1.165, 1.54) is 50.6 Å². The van der Waals surface area contributed by atoms with Crippen LogP contribution >= 0.6 is 0 Å². The minimum atomic E-state index is 0.466. The van der Waals surface area contributed by atoms with Crippen molar-refractivity contribution >= 4 is 0 Å². The highest BCUT2D eigenvalue weighted by atomic mass is 16.3. The molecule has 1 N–H and O–H groups in total. The van der Waals surface area contributed by atoms with Gasteiger partial charge in [-0.2, -0.15) is 0 Å². The summed E-state index contributed by atoms with van der Waals surface area (Å²) in [5.74, 6) is 2.96. The number of aromatic hydroxyl groups is 1. The Labute approximate surface area is 120 Å². The van der Waals surface area contributed by atoms with Gasteiger partial charge in [-0.15, -0.1) is 0 Å². The van der Waals surface area contributed by atoms with Crippen molar-refractivity contribution in [2.24, 2.45) is 11.8 Å². The van der Waals surface area contributed by atoms with Gasteiger partial charge in [0, 0.05) is 18.0 Å². The van der Waals surface area contributed by atoms with Gasteiger partial charge in [0.15, 0.2) is 0 Å². The van der Waals surface area contributed by atoms with Crippen molar-refractivity contribution in [3.8, 4) is 5.75 Å². The van der Waals surface area contributed by atoms with E-state index in [0.717, 1.165) is 17.9 Å². The highest BCUT2D eigenvalue weighted by Gasteiger charge is 2.56. The molecule has 106 valence electrons. The molecule has 1 saturated carbocycles. The molecule has 3 aliphatic heterocycles. The molecule has 5 aliphatic rings. The second-order valence-electron chi connectivity index (χ2n) is 7.34.